The molecular weight excluding hydrogens is 390 g/mol. The summed E-state index contributed by atoms with van der Waals surface area (Å²) in [7, 11) is 0. The Morgan fingerprint density at radius 3 is 2.95 bits per heavy atom. The van der Waals surface area contributed by atoms with Gasteiger partial charge in [-0.05, 0) is 54.5 Å². The lowest BCUT2D eigenvalue weighted by Crippen LogP contribution is -2.13. The number of rotatable bonds is 4. The molecule has 1 aromatic heterocycles. The van der Waals surface area contributed by atoms with Crippen LogP contribution < -0.4 is 5.32 Å². The van der Waals surface area contributed by atoms with Gasteiger partial charge in [0.15, 0.2) is 0 Å². The third kappa shape index (κ3) is 3.35. The van der Waals surface area contributed by atoms with E-state index in [1.165, 1.54) is 23.5 Å². The summed E-state index contributed by atoms with van der Waals surface area (Å²) in [5, 5.41) is 4.56. The maximum atomic E-state index is 13.5. The van der Waals surface area contributed by atoms with Crippen LogP contribution in [0.3, 0.4) is 0 Å². The SMILES string of the molecule is CCCc1nc(C)c(NC(=O)c2cccc(F)c2I)s1. The van der Waals surface area contributed by atoms with Crippen molar-refractivity contribution < 1.29 is 9.18 Å². The van der Waals surface area contributed by atoms with Gasteiger partial charge in [0.05, 0.1) is 19.8 Å². The summed E-state index contributed by atoms with van der Waals surface area (Å²) in [5.74, 6) is -0.686. The minimum Gasteiger partial charge on any atom is -0.312 e. The molecule has 0 unspecified atom stereocenters. The van der Waals surface area contributed by atoms with Crippen LogP contribution in [0.1, 0.15) is 34.4 Å². The van der Waals surface area contributed by atoms with Crippen molar-refractivity contribution in [3.8, 4) is 0 Å². The average Bonchev–Trinajstić information content (AvgIpc) is 2.73. The van der Waals surface area contributed by atoms with Gasteiger partial charge in [0.2, 0.25) is 0 Å². The predicted octanol–water partition coefficient (Wildman–Crippen LogP) is 4.40. The van der Waals surface area contributed by atoms with Crippen molar-refractivity contribution in [2.45, 2.75) is 26.7 Å². The summed E-state index contributed by atoms with van der Waals surface area (Å²) in [6, 6.07) is 4.49. The molecule has 2 rings (SSSR count). The molecule has 0 atom stereocenters. The number of carbonyl (C=O) groups excluding carboxylic acids is 1. The molecule has 106 valence electrons. The van der Waals surface area contributed by atoms with Crippen molar-refractivity contribution in [2.75, 3.05) is 5.32 Å². The van der Waals surface area contributed by atoms with Crippen LogP contribution in [-0.2, 0) is 6.42 Å². The van der Waals surface area contributed by atoms with E-state index in [0.717, 1.165) is 28.5 Å². The molecule has 0 saturated heterocycles. The van der Waals surface area contributed by atoms with E-state index in [9.17, 15) is 9.18 Å². The summed E-state index contributed by atoms with van der Waals surface area (Å²) in [5.41, 5.74) is 1.15. The van der Waals surface area contributed by atoms with Crippen molar-refractivity contribution in [2.24, 2.45) is 0 Å². The standard InChI is InChI=1S/C14H14FIN2OS/c1-3-5-11-17-8(2)14(20-11)18-13(19)9-6-4-7-10(15)12(9)16/h4,6-7H,3,5H2,1-2H3,(H,18,19). The van der Waals surface area contributed by atoms with Gasteiger partial charge in [-0.15, -0.1) is 11.3 Å². The van der Waals surface area contributed by atoms with Crippen LogP contribution in [0.4, 0.5) is 9.39 Å². The number of aryl methyl sites for hydroxylation is 2. The summed E-state index contributed by atoms with van der Waals surface area (Å²) in [6.07, 6.45) is 1.92. The lowest BCUT2D eigenvalue weighted by atomic mass is 10.2. The molecule has 20 heavy (non-hydrogen) atoms. The number of thiazole rings is 1. The van der Waals surface area contributed by atoms with E-state index < -0.39 is 0 Å². The third-order valence-corrected chi connectivity index (χ3v) is 4.96. The Bertz CT molecular complexity index is 642. The van der Waals surface area contributed by atoms with Crippen LogP contribution in [0.25, 0.3) is 0 Å². The molecule has 0 spiro atoms. The summed E-state index contributed by atoms with van der Waals surface area (Å²) in [6.45, 7) is 3.95. The molecule has 6 heteroatoms. The molecule has 0 saturated carbocycles. The van der Waals surface area contributed by atoms with E-state index in [1.807, 2.05) is 29.5 Å². The Balaban J connectivity index is 2.21. The molecule has 0 radical (unpaired) electrons. The molecular formula is C14H14FIN2OS. The number of hydrogen-bond donors (Lipinski definition) is 1. The first-order valence-electron chi connectivity index (χ1n) is 6.24. The molecule has 0 fully saturated rings. The molecule has 1 heterocycles. The van der Waals surface area contributed by atoms with Gasteiger partial charge in [-0.3, -0.25) is 4.79 Å². The number of halogens is 2. The monoisotopic (exact) mass is 404 g/mol. The van der Waals surface area contributed by atoms with Gasteiger partial charge < -0.3 is 5.32 Å². The second-order valence-electron chi connectivity index (χ2n) is 4.33. The zero-order valence-corrected chi connectivity index (χ0v) is 14.1. The first-order chi connectivity index (χ1) is 9.52. The van der Waals surface area contributed by atoms with Crippen LogP contribution in [0, 0.1) is 16.3 Å². The minimum atomic E-state index is -0.383. The van der Waals surface area contributed by atoms with Gasteiger partial charge >= 0.3 is 0 Å². The van der Waals surface area contributed by atoms with Crippen LogP contribution in [0.5, 0.6) is 0 Å². The van der Waals surface area contributed by atoms with Crippen molar-refractivity contribution in [3.63, 3.8) is 0 Å². The zero-order chi connectivity index (χ0) is 14.7. The first-order valence-corrected chi connectivity index (χ1v) is 8.14. The molecule has 1 amide bonds. The average molecular weight is 404 g/mol. The summed E-state index contributed by atoms with van der Waals surface area (Å²) < 4.78 is 13.8. The van der Waals surface area contributed by atoms with E-state index in [-0.39, 0.29) is 11.7 Å². The van der Waals surface area contributed by atoms with Crippen LogP contribution in [0.2, 0.25) is 0 Å². The predicted molar refractivity (Wildman–Crippen MR) is 87.9 cm³/mol. The number of carbonyl (C=O) groups is 1. The molecule has 2 aromatic rings. The van der Waals surface area contributed by atoms with E-state index >= 15 is 0 Å². The molecule has 0 aliphatic carbocycles. The number of aromatic nitrogens is 1. The van der Waals surface area contributed by atoms with Gasteiger partial charge in [-0.1, -0.05) is 13.0 Å². The third-order valence-electron chi connectivity index (χ3n) is 2.73. The van der Waals surface area contributed by atoms with E-state index in [0.29, 0.717) is 9.13 Å². The lowest BCUT2D eigenvalue weighted by molar-refractivity contribution is 0.102. The van der Waals surface area contributed by atoms with E-state index in [4.69, 9.17) is 0 Å². The Morgan fingerprint density at radius 1 is 1.50 bits per heavy atom. The Hall–Kier alpha value is -1.02. The molecule has 0 aliphatic heterocycles. The Kier molecular flexibility index (Phi) is 5.09. The molecule has 1 aromatic carbocycles. The number of nitrogens with zero attached hydrogens (tertiary/aromatic N) is 1. The summed E-state index contributed by atoms with van der Waals surface area (Å²) >= 11 is 3.32. The van der Waals surface area contributed by atoms with Crippen LogP contribution in [0.15, 0.2) is 18.2 Å². The fourth-order valence-corrected chi connectivity index (χ4v) is 3.40. The molecule has 3 nitrogen and oxygen atoms in total. The van der Waals surface area contributed by atoms with Gasteiger partial charge in [-0.2, -0.15) is 0 Å². The van der Waals surface area contributed by atoms with E-state index in [1.54, 1.807) is 6.07 Å². The molecule has 1 N–H and O–H groups in total. The largest absolute Gasteiger partial charge is 0.312 e. The normalized spacial score (nSPS) is 10.6. The maximum absolute atomic E-state index is 13.5. The number of benzene rings is 1. The first kappa shape index (κ1) is 15.4. The number of anilines is 1. The van der Waals surface area contributed by atoms with Gasteiger partial charge in [0.1, 0.15) is 10.8 Å². The van der Waals surface area contributed by atoms with Gasteiger partial charge in [-0.25, -0.2) is 9.37 Å². The Morgan fingerprint density at radius 2 is 2.25 bits per heavy atom. The molecule has 0 bridgehead atoms. The van der Waals surface area contributed by atoms with Gasteiger partial charge in [0, 0.05) is 0 Å². The van der Waals surface area contributed by atoms with E-state index in [2.05, 4.69) is 17.2 Å². The quantitative estimate of drug-likeness (QED) is 0.768. The van der Waals surface area contributed by atoms with Crippen molar-refractivity contribution in [3.05, 3.63) is 43.9 Å². The van der Waals surface area contributed by atoms with Crippen molar-refractivity contribution >= 4 is 44.8 Å². The minimum absolute atomic E-state index is 0.302. The topological polar surface area (TPSA) is 42.0 Å². The lowest BCUT2D eigenvalue weighted by Gasteiger charge is -2.06. The number of hydrogen-bond acceptors (Lipinski definition) is 3. The molecule has 0 aliphatic rings. The fraction of sp³-hybridized carbons (Fsp3) is 0.286. The smallest absolute Gasteiger partial charge is 0.257 e. The highest BCUT2D eigenvalue weighted by Gasteiger charge is 2.16. The second-order valence-corrected chi connectivity index (χ2v) is 6.49. The number of amides is 1. The second kappa shape index (κ2) is 6.62. The highest BCUT2D eigenvalue weighted by molar-refractivity contribution is 14.1. The number of nitrogens with one attached hydrogen (secondary N) is 1. The van der Waals surface area contributed by atoms with Crippen LogP contribution >= 0.6 is 33.9 Å². The van der Waals surface area contributed by atoms with Crippen molar-refractivity contribution in [1.82, 2.24) is 4.98 Å². The summed E-state index contributed by atoms with van der Waals surface area (Å²) in [4.78, 5) is 16.6. The van der Waals surface area contributed by atoms with Crippen LogP contribution in [-0.4, -0.2) is 10.9 Å². The Labute approximate surface area is 134 Å². The van der Waals surface area contributed by atoms with Crippen molar-refractivity contribution in [1.29, 1.82) is 0 Å². The highest BCUT2D eigenvalue weighted by Crippen LogP contribution is 2.26. The highest BCUT2D eigenvalue weighted by atomic mass is 127. The van der Waals surface area contributed by atoms with Gasteiger partial charge in [0.25, 0.3) is 5.91 Å². The fourth-order valence-electron chi connectivity index (χ4n) is 1.74. The zero-order valence-electron chi connectivity index (χ0n) is 11.2. The maximum Gasteiger partial charge on any atom is 0.257 e.